The smallest absolute Gasteiger partial charge is 0.356 e. The molecule has 2 aromatic rings. The SMILES string of the molecule is C#Cc1cc(F)cc(C(NC(=O)C=Cc2ccc(C(F)(F)F)nc2N2CCCC2)NS(C)(=O)=O)c1. The van der Waals surface area contributed by atoms with Crippen molar-refractivity contribution in [2.24, 2.45) is 0 Å². The van der Waals surface area contributed by atoms with Crippen molar-refractivity contribution < 1.29 is 30.8 Å². The van der Waals surface area contributed by atoms with Gasteiger partial charge in [0.1, 0.15) is 23.5 Å². The van der Waals surface area contributed by atoms with Crippen molar-refractivity contribution in [2.75, 3.05) is 24.2 Å². The lowest BCUT2D eigenvalue weighted by molar-refractivity contribution is -0.141. The van der Waals surface area contributed by atoms with E-state index in [1.165, 1.54) is 18.2 Å². The van der Waals surface area contributed by atoms with Crippen molar-refractivity contribution in [1.29, 1.82) is 0 Å². The average molecular weight is 511 g/mol. The van der Waals surface area contributed by atoms with E-state index in [0.29, 0.717) is 13.1 Å². The minimum absolute atomic E-state index is 0.0547. The number of halogens is 4. The van der Waals surface area contributed by atoms with Gasteiger partial charge in [-0.15, -0.1) is 6.42 Å². The highest BCUT2D eigenvalue weighted by Gasteiger charge is 2.33. The van der Waals surface area contributed by atoms with Gasteiger partial charge in [0.2, 0.25) is 15.9 Å². The molecule has 0 aliphatic carbocycles. The molecule has 2 heterocycles. The molecular weight excluding hydrogens is 488 g/mol. The molecular formula is C23H22F4N4O3S. The molecule has 12 heteroatoms. The number of amides is 1. The molecule has 1 aliphatic heterocycles. The second kappa shape index (κ2) is 10.5. The molecule has 3 rings (SSSR count). The number of benzene rings is 1. The fourth-order valence-electron chi connectivity index (χ4n) is 3.54. The summed E-state index contributed by atoms with van der Waals surface area (Å²) in [5, 5.41) is 2.40. The maximum atomic E-state index is 13.9. The number of hydrogen-bond acceptors (Lipinski definition) is 5. The summed E-state index contributed by atoms with van der Waals surface area (Å²) in [6, 6.07) is 5.45. The standard InChI is InChI=1S/C23H22F4N4O3S/c1-3-15-12-17(14-18(24)13-15)21(30-35(2,33)34)29-20(32)9-7-16-6-8-19(23(25,26)27)28-22(16)31-10-4-5-11-31/h1,6-9,12-14,21,30H,4-5,10-11H2,2H3,(H,29,32). The first-order valence-electron chi connectivity index (χ1n) is 10.4. The van der Waals surface area contributed by atoms with Crippen molar-refractivity contribution in [3.8, 4) is 12.3 Å². The number of alkyl halides is 3. The maximum Gasteiger partial charge on any atom is 0.433 e. The number of sulfonamides is 1. The molecule has 1 saturated heterocycles. The van der Waals surface area contributed by atoms with Gasteiger partial charge in [0.05, 0.1) is 6.26 Å². The van der Waals surface area contributed by atoms with Crippen LogP contribution in [-0.2, 0) is 21.0 Å². The maximum absolute atomic E-state index is 13.9. The van der Waals surface area contributed by atoms with E-state index in [9.17, 15) is 30.8 Å². The molecule has 1 aromatic carbocycles. The van der Waals surface area contributed by atoms with Crippen LogP contribution in [0.2, 0.25) is 0 Å². The summed E-state index contributed by atoms with van der Waals surface area (Å²) in [5.41, 5.74) is -0.577. The highest BCUT2D eigenvalue weighted by Crippen LogP contribution is 2.32. The average Bonchev–Trinajstić information content (AvgIpc) is 3.30. The summed E-state index contributed by atoms with van der Waals surface area (Å²) < 4.78 is 79.2. The first-order valence-corrected chi connectivity index (χ1v) is 12.3. The molecule has 1 fully saturated rings. The van der Waals surface area contributed by atoms with Gasteiger partial charge in [-0.1, -0.05) is 5.92 Å². The van der Waals surface area contributed by atoms with Crippen LogP contribution in [0.3, 0.4) is 0 Å². The zero-order valence-corrected chi connectivity index (χ0v) is 19.4. The van der Waals surface area contributed by atoms with E-state index in [1.54, 1.807) is 4.90 Å². The van der Waals surface area contributed by atoms with Crippen LogP contribution in [0.4, 0.5) is 23.4 Å². The number of terminal acetylenes is 1. The summed E-state index contributed by atoms with van der Waals surface area (Å²) in [7, 11) is -3.84. The van der Waals surface area contributed by atoms with Crippen molar-refractivity contribution in [3.05, 3.63) is 64.6 Å². The monoisotopic (exact) mass is 510 g/mol. The van der Waals surface area contributed by atoms with Gasteiger partial charge in [0, 0.05) is 30.3 Å². The van der Waals surface area contributed by atoms with Crippen molar-refractivity contribution in [1.82, 2.24) is 15.0 Å². The first-order chi connectivity index (χ1) is 16.4. The minimum atomic E-state index is -4.62. The van der Waals surface area contributed by atoms with E-state index in [2.05, 4.69) is 20.9 Å². The normalized spacial score (nSPS) is 15.3. The fourth-order valence-corrected chi connectivity index (χ4v) is 4.17. The van der Waals surface area contributed by atoms with Gasteiger partial charge in [-0.25, -0.2) is 17.8 Å². The number of nitrogens with zero attached hydrogens (tertiary/aromatic N) is 2. The van der Waals surface area contributed by atoms with Crippen LogP contribution in [0.25, 0.3) is 6.08 Å². The highest BCUT2D eigenvalue weighted by molar-refractivity contribution is 7.88. The Bertz CT molecular complexity index is 1280. The number of nitrogens with one attached hydrogen (secondary N) is 2. The van der Waals surface area contributed by atoms with E-state index in [1.807, 2.05) is 0 Å². The van der Waals surface area contributed by atoms with Crippen LogP contribution in [0, 0.1) is 18.2 Å². The van der Waals surface area contributed by atoms with Crippen LogP contribution in [-0.4, -0.2) is 38.7 Å². The quantitative estimate of drug-likeness (QED) is 0.258. The number of carbonyl (C=O) groups is 1. The zero-order valence-electron chi connectivity index (χ0n) is 18.6. The first kappa shape index (κ1) is 26.2. The molecule has 186 valence electrons. The Hall–Kier alpha value is -3.43. The molecule has 0 radical (unpaired) electrons. The van der Waals surface area contributed by atoms with Gasteiger partial charge in [-0.3, -0.25) is 4.79 Å². The number of aromatic nitrogens is 1. The Kier molecular flexibility index (Phi) is 7.82. The van der Waals surface area contributed by atoms with E-state index >= 15 is 0 Å². The highest BCUT2D eigenvalue weighted by atomic mass is 32.2. The molecule has 7 nitrogen and oxygen atoms in total. The van der Waals surface area contributed by atoms with E-state index in [0.717, 1.165) is 43.4 Å². The summed E-state index contributed by atoms with van der Waals surface area (Å²) in [6.07, 6.45) is 4.09. The number of carbonyl (C=O) groups excluding carboxylic acids is 1. The minimum Gasteiger partial charge on any atom is -0.356 e. The Labute approximate surface area is 200 Å². The van der Waals surface area contributed by atoms with Crippen LogP contribution in [0.1, 0.15) is 41.4 Å². The summed E-state index contributed by atoms with van der Waals surface area (Å²) >= 11 is 0. The molecule has 0 saturated carbocycles. The molecule has 0 spiro atoms. The Morgan fingerprint density at radius 1 is 1.23 bits per heavy atom. The van der Waals surface area contributed by atoms with Crippen LogP contribution in [0.15, 0.2) is 36.4 Å². The zero-order chi connectivity index (χ0) is 25.8. The van der Waals surface area contributed by atoms with Gasteiger partial charge >= 0.3 is 6.18 Å². The summed E-state index contributed by atoms with van der Waals surface area (Å²) in [4.78, 5) is 18.1. The van der Waals surface area contributed by atoms with Gasteiger partial charge in [0.15, 0.2) is 0 Å². The van der Waals surface area contributed by atoms with E-state index in [4.69, 9.17) is 6.42 Å². The lowest BCUT2D eigenvalue weighted by Crippen LogP contribution is -2.40. The second-order valence-electron chi connectivity index (χ2n) is 7.88. The Morgan fingerprint density at radius 3 is 2.51 bits per heavy atom. The van der Waals surface area contributed by atoms with Gasteiger partial charge < -0.3 is 10.2 Å². The lowest BCUT2D eigenvalue weighted by atomic mass is 10.1. The Morgan fingerprint density at radius 2 is 1.91 bits per heavy atom. The van der Waals surface area contributed by atoms with E-state index in [-0.39, 0.29) is 22.5 Å². The van der Waals surface area contributed by atoms with Gasteiger partial charge in [-0.05, 0) is 54.8 Å². The summed E-state index contributed by atoms with van der Waals surface area (Å²) in [6.45, 7) is 1.05. The molecule has 1 aliphatic rings. The number of hydrogen-bond donors (Lipinski definition) is 2. The van der Waals surface area contributed by atoms with Crippen molar-refractivity contribution >= 4 is 27.8 Å². The number of rotatable bonds is 7. The lowest BCUT2D eigenvalue weighted by Gasteiger charge is -2.21. The van der Waals surface area contributed by atoms with Crippen LogP contribution < -0.4 is 14.9 Å². The largest absolute Gasteiger partial charge is 0.433 e. The topological polar surface area (TPSA) is 91.4 Å². The molecule has 35 heavy (non-hydrogen) atoms. The molecule has 1 aromatic heterocycles. The number of pyridine rings is 1. The van der Waals surface area contributed by atoms with Crippen LogP contribution in [0.5, 0.6) is 0 Å². The predicted molar refractivity (Wildman–Crippen MR) is 123 cm³/mol. The van der Waals surface area contributed by atoms with Crippen molar-refractivity contribution in [3.63, 3.8) is 0 Å². The molecule has 2 N–H and O–H groups in total. The van der Waals surface area contributed by atoms with Crippen molar-refractivity contribution in [2.45, 2.75) is 25.2 Å². The molecule has 1 amide bonds. The number of anilines is 1. The van der Waals surface area contributed by atoms with Gasteiger partial charge in [0.25, 0.3) is 0 Å². The summed E-state index contributed by atoms with van der Waals surface area (Å²) in [5.74, 6) is 0.815. The third-order valence-corrected chi connectivity index (χ3v) is 5.72. The molecule has 1 atom stereocenters. The van der Waals surface area contributed by atoms with Gasteiger partial charge in [-0.2, -0.15) is 17.9 Å². The van der Waals surface area contributed by atoms with Crippen LogP contribution >= 0.6 is 0 Å². The van der Waals surface area contributed by atoms with E-state index < -0.39 is 39.8 Å². The third-order valence-electron chi connectivity index (χ3n) is 5.05. The predicted octanol–water partition coefficient (Wildman–Crippen LogP) is 3.20. The third kappa shape index (κ3) is 7.27. The molecule has 1 unspecified atom stereocenters. The second-order valence-corrected chi connectivity index (χ2v) is 9.66. The molecule has 0 bridgehead atoms. The fraction of sp³-hybridized carbons (Fsp3) is 0.304. The Balaban J connectivity index is 1.88.